The summed E-state index contributed by atoms with van der Waals surface area (Å²) in [7, 11) is -1.96. The highest BCUT2D eigenvalue weighted by atomic mass is 32.2. The maximum absolute atomic E-state index is 14.0. The van der Waals surface area contributed by atoms with Crippen LogP contribution in [0.15, 0.2) is 18.2 Å². The molecule has 1 aliphatic carbocycles. The molecule has 1 aliphatic heterocycles. The summed E-state index contributed by atoms with van der Waals surface area (Å²) in [6.07, 6.45) is 3.06. The molecule has 1 saturated heterocycles. The summed E-state index contributed by atoms with van der Waals surface area (Å²) >= 11 is 0. The number of sulfonamides is 1. The predicted molar refractivity (Wildman–Crippen MR) is 114 cm³/mol. The van der Waals surface area contributed by atoms with Gasteiger partial charge >= 0.3 is 0 Å². The Bertz CT molecular complexity index is 878. The molecule has 3 rings (SSSR count). The number of hydrogen-bond acceptors (Lipinski definition) is 6. The maximum atomic E-state index is 14.0. The first-order valence-electron chi connectivity index (χ1n) is 10.8. The largest absolute Gasteiger partial charge is 0.490 e. The number of amides is 1. The van der Waals surface area contributed by atoms with Crippen LogP contribution < -0.4 is 10.1 Å². The van der Waals surface area contributed by atoms with Crippen molar-refractivity contribution in [2.75, 3.05) is 32.5 Å². The molecule has 2 fully saturated rings. The molecule has 2 N–H and O–H groups in total. The van der Waals surface area contributed by atoms with Gasteiger partial charge in [-0.25, -0.2) is 12.8 Å². The lowest BCUT2D eigenvalue weighted by molar-refractivity contribution is -0.119. The maximum Gasteiger partial charge on any atom is 0.237 e. The van der Waals surface area contributed by atoms with Crippen LogP contribution in [0.25, 0.3) is 0 Å². The Kier molecular flexibility index (Phi) is 7.90. The van der Waals surface area contributed by atoms with E-state index in [-0.39, 0.29) is 24.0 Å². The van der Waals surface area contributed by atoms with Crippen molar-refractivity contribution in [2.45, 2.75) is 51.4 Å². The van der Waals surface area contributed by atoms with E-state index < -0.39 is 28.2 Å². The molecule has 1 saturated carbocycles. The number of carbonyl (C=O) groups is 1. The van der Waals surface area contributed by atoms with Crippen LogP contribution in [0, 0.1) is 11.7 Å². The van der Waals surface area contributed by atoms with Crippen molar-refractivity contribution in [2.24, 2.45) is 5.92 Å². The number of benzene rings is 1. The van der Waals surface area contributed by atoms with Gasteiger partial charge in [0.15, 0.2) is 17.9 Å². The molecule has 174 valence electrons. The smallest absolute Gasteiger partial charge is 0.237 e. The highest BCUT2D eigenvalue weighted by molar-refractivity contribution is 7.89. The summed E-state index contributed by atoms with van der Waals surface area (Å²) < 4.78 is 46.4. The van der Waals surface area contributed by atoms with E-state index in [0.717, 1.165) is 12.8 Å². The van der Waals surface area contributed by atoms with Gasteiger partial charge in [-0.2, -0.15) is 4.31 Å². The molecular formula is C21H32FN3O5S. The van der Waals surface area contributed by atoms with Crippen LogP contribution in [0.1, 0.15) is 50.6 Å². The molecule has 1 heterocycles. The second kappa shape index (κ2) is 10.2. The van der Waals surface area contributed by atoms with Crippen molar-refractivity contribution in [1.29, 1.82) is 0 Å². The molecule has 1 aromatic carbocycles. The van der Waals surface area contributed by atoms with Crippen LogP contribution in [-0.4, -0.2) is 67.5 Å². The van der Waals surface area contributed by atoms with Crippen LogP contribution in [0.4, 0.5) is 4.39 Å². The summed E-state index contributed by atoms with van der Waals surface area (Å²) in [6.45, 7) is 2.94. The summed E-state index contributed by atoms with van der Waals surface area (Å²) in [6, 6.07) is 4.05. The van der Waals surface area contributed by atoms with Crippen LogP contribution in [0.5, 0.6) is 5.75 Å². The number of unbranched alkanes of at least 4 members (excludes halogenated alkanes) is 2. The Balaban J connectivity index is 1.47. The molecule has 0 radical (unpaired) electrons. The van der Waals surface area contributed by atoms with Gasteiger partial charge in [0, 0.05) is 19.6 Å². The van der Waals surface area contributed by atoms with Crippen molar-refractivity contribution in [1.82, 2.24) is 14.5 Å². The molecular weight excluding hydrogens is 425 g/mol. The SMILES string of the molecule is C[C@H](c1ccc(F)c(OCC2CC2)c1)N(C)S(=O)(=O)CCCCCN1CC(=O)NC1O. The van der Waals surface area contributed by atoms with Gasteiger partial charge in [-0.15, -0.1) is 0 Å². The van der Waals surface area contributed by atoms with E-state index in [0.29, 0.717) is 43.9 Å². The third-order valence-corrected chi connectivity index (χ3v) is 7.92. The van der Waals surface area contributed by atoms with Gasteiger partial charge < -0.3 is 15.2 Å². The van der Waals surface area contributed by atoms with E-state index in [1.807, 2.05) is 0 Å². The number of halogens is 1. The van der Waals surface area contributed by atoms with E-state index in [1.54, 1.807) is 24.0 Å². The van der Waals surface area contributed by atoms with Gasteiger partial charge in [0.2, 0.25) is 15.9 Å². The topological polar surface area (TPSA) is 99.2 Å². The van der Waals surface area contributed by atoms with Crippen molar-refractivity contribution >= 4 is 15.9 Å². The number of nitrogens with one attached hydrogen (secondary N) is 1. The third-order valence-electron chi connectivity index (χ3n) is 5.92. The summed E-state index contributed by atoms with van der Waals surface area (Å²) in [5, 5.41) is 12.1. The molecule has 10 heteroatoms. The van der Waals surface area contributed by atoms with Crippen LogP contribution in [0.2, 0.25) is 0 Å². The molecule has 1 amide bonds. The van der Waals surface area contributed by atoms with Gasteiger partial charge in [-0.05, 0) is 56.2 Å². The molecule has 2 atom stereocenters. The van der Waals surface area contributed by atoms with E-state index in [2.05, 4.69) is 5.32 Å². The summed E-state index contributed by atoms with van der Waals surface area (Å²) in [5.74, 6) is 0.00244. The first-order valence-corrected chi connectivity index (χ1v) is 12.4. The highest BCUT2D eigenvalue weighted by Crippen LogP contribution is 2.32. The second-order valence-corrected chi connectivity index (χ2v) is 10.6. The lowest BCUT2D eigenvalue weighted by Gasteiger charge is -2.25. The number of carbonyl (C=O) groups excluding carboxylic acids is 1. The number of aliphatic hydroxyl groups excluding tert-OH is 1. The van der Waals surface area contributed by atoms with Gasteiger partial charge in [-0.1, -0.05) is 12.5 Å². The fourth-order valence-corrected chi connectivity index (χ4v) is 4.97. The molecule has 2 aliphatic rings. The third kappa shape index (κ3) is 6.61. The minimum atomic E-state index is -3.50. The van der Waals surface area contributed by atoms with Crippen molar-refractivity contribution in [3.8, 4) is 5.75 Å². The zero-order valence-corrected chi connectivity index (χ0v) is 18.9. The van der Waals surface area contributed by atoms with Gasteiger partial charge in [0.05, 0.1) is 18.9 Å². The van der Waals surface area contributed by atoms with Crippen molar-refractivity contribution in [3.05, 3.63) is 29.6 Å². The van der Waals surface area contributed by atoms with E-state index in [4.69, 9.17) is 4.74 Å². The van der Waals surface area contributed by atoms with Gasteiger partial charge in [0.1, 0.15) is 0 Å². The summed E-state index contributed by atoms with van der Waals surface area (Å²) in [4.78, 5) is 12.8. The Labute approximate surface area is 183 Å². The van der Waals surface area contributed by atoms with Crippen LogP contribution in [0.3, 0.4) is 0 Å². The molecule has 0 bridgehead atoms. The fraction of sp³-hybridized carbons (Fsp3) is 0.667. The molecule has 0 spiro atoms. The second-order valence-electron chi connectivity index (χ2n) is 8.42. The minimum absolute atomic E-state index is 0.000193. The average molecular weight is 458 g/mol. The zero-order valence-electron chi connectivity index (χ0n) is 18.1. The Morgan fingerprint density at radius 2 is 2.06 bits per heavy atom. The molecule has 8 nitrogen and oxygen atoms in total. The number of ether oxygens (including phenoxy) is 1. The number of rotatable bonds is 12. The molecule has 1 unspecified atom stereocenters. The monoisotopic (exact) mass is 457 g/mol. The van der Waals surface area contributed by atoms with E-state index >= 15 is 0 Å². The number of hydrogen-bond donors (Lipinski definition) is 2. The predicted octanol–water partition coefficient (Wildman–Crippen LogP) is 1.82. The van der Waals surface area contributed by atoms with Gasteiger partial charge in [0.25, 0.3) is 0 Å². The fourth-order valence-electron chi connectivity index (χ4n) is 3.51. The van der Waals surface area contributed by atoms with E-state index in [1.165, 1.54) is 17.4 Å². The lowest BCUT2D eigenvalue weighted by atomic mass is 10.1. The van der Waals surface area contributed by atoms with Gasteiger partial charge in [-0.3, -0.25) is 9.69 Å². The first-order chi connectivity index (χ1) is 14.7. The van der Waals surface area contributed by atoms with Crippen LogP contribution in [-0.2, 0) is 14.8 Å². The zero-order chi connectivity index (χ0) is 22.6. The summed E-state index contributed by atoms with van der Waals surface area (Å²) in [5.41, 5.74) is 0.679. The Hall–Kier alpha value is -1.75. The lowest BCUT2D eigenvalue weighted by Crippen LogP contribution is -2.36. The minimum Gasteiger partial charge on any atom is -0.490 e. The van der Waals surface area contributed by atoms with E-state index in [9.17, 15) is 22.7 Å². The number of aliphatic hydroxyl groups is 1. The highest BCUT2D eigenvalue weighted by Gasteiger charge is 2.28. The van der Waals surface area contributed by atoms with Crippen molar-refractivity contribution < 1.29 is 27.4 Å². The molecule has 0 aromatic heterocycles. The standard InChI is InChI=1S/C21H32FN3O5S/c1-15(17-8-9-18(22)19(12-17)30-14-16-6-7-16)24(2)31(28,29)11-5-3-4-10-25-13-20(26)23-21(25)27/h8-9,12,15-16,21,27H,3-7,10-11,13-14H2,1-2H3,(H,23,26)/t15-,21?/m1/s1. The molecule has 1 aromatic rings. The Morgan fingerprint density at radius 1 is 1.32 bits per heavy atom. The quantitative estimate of drug-likeness (QED) is 0.465. The molecule has 31 heavy (non-hydrogen) atoms. The first kappa shape index (κ1) is 23.9. The normalized spacial score (nSPS) is 20.8. The number of nitrogens with zero attached hydrogens (tertiary/aromatic N) is 2. The Morgan fingerprint density at radius 3 is 2.71 bits per heavy atom. The van der Waals surface area contributed by atoms with Crippen LogP contribution >= 0.6 is 0 Å². The average Bonchev–Trinajstić information content (AvgIpc) is 3.49. The van der Waals surface area contributed by atoms with Crippen molar-refractivity contribution in [3.63, 3.8) is 0 Å².